The van der Waals surface area contributed by atoms with Crippen molar-refractivity contribution in [1.82, 2.24) is 24.9 Å². The Labute approximate surface area is 185 Å². The van der Waals surface area contributed by atoms with Crippen molar-refractivity contribution in [2.45, 2.75) is 19.5 Å². The van der Waals surface area contributed by atoms with E-state index in [1.165, 1.54) is 4.88 Å². The summed E-state index contributed by atoms with van der Waals surface area (Å²) < 4.78 is 0. The minimum absolute atomic E-state index is 0. The van der Waals surface area contributed by atoms with Gasteiger partial charge < -0.3 is 15.1 Å². The lowest BCUT2D eigenvalue weighted by Crippen LogP contribution is -2.53. The molecule has 0 aromatic carbocycles. The maximum absolute atomic E-state index is 4.99. The highest BCUT2D eigenvalue weighted by molar-refractivity contribution is 14.0. The third-order valence-electron chi connectivity index (χ3n) is 5.40. The zero-order valence-electron chi connectivity index (χ0n) is 16.9. The molecule has 1 unspecified atom stereocenters. The number of guanidine groups is 1. The van der Waals surface area contributed by atoms with Gasteiger partial charge in [0, 0.05) is 69.8 Å². The molecular formula is C19H35IN6S. The van der Waals surface area contributed by atoms with E-state index in [1.807, 2.05) is 11.3 Å². The molecule has 3 heterocycles. The van der Waals surface area contributed by atoms with Gasteiger partial charge in [-0.05, 0) is 32.5 Å². The number of thiophene rings is 1. The van der Waals surface area contributed by atoms with Crippen LogP contribution in [0, 0.1) is 0 Å². The second kappa shape index (κ2) is 11.5. The van der Waals surface area contributed by atoms with Crippen molar-refractivity contribution in [3.8, 4) is 0 Å². The molecule has 1 atom stereocenters. The highest BCUT2D eigenvalue weighted by Gasteiger charge is 2.23. The molecule has 27 heavy (non-hydrogen) atoms. The first kappa shape index (κ1) is 22.9. The Kier molecular flexibility index (Phi) is 9.78. The molecule has 6 nitrogen and oxygen atoms in total. The number of halogens is 1. The Balaban J connectivity index is 0.00000261. The van der Waals surface area contributed by atoms with E-state index in [1.54, 1.807) is 0 Å². The lowest BCUT2D eigenvalue weighted by atomic mass is 10.2. The van der Waals surface area contributed by atoms with Crippen LogP contribution >= 0.6 is 35.3 Å². The largest absolute Gasteiger partial charge is 0.357 e. The number of likely N-dealkylation sites (N-methyl/N-ethyl adjacent to an activating group) is 2. The lowest BCUT2D eigenvalue weighted by Gasteiger charge is -2.38. The molecule has 0 spiro atoms. The lowest BCUT2D eigenvalue weighted by molar-refractivity contribution is 0.119. The monoisotopic (exact) mass is 506 g/mol. The molecule has 0 bridgehead atoms. The van der Waals surface area contributed by atoms with Gasteiger partial charge in [0.2, 0.25) is 0 Å². The Morgan fingerprint density at radius 3 is 2.63 bits per heavy atom. The molecule has 0 amide bonds. The summed E-state index contributed by atoms with van der Waals surface area (Å²) in [6.45, 7) is 12.7. The van der Waals surface area contributed by atoms with Crippen LogP contribution in [0.5, 0.6) is 0 Å². The van der Waals surface area contributed by atoms with Crippen LogP contribution in [0.2, 0.25) is 0 Å². The van der Waals surface area contributed by atoms with Crippen LogP contribution < -0.4 is 5.32 Å². The van der Waals surface area contributed by atoms with E-state index < -0.39 is 0 Å². The van der Waals surface area contributed by atoms with Crippen LogP contribution in [-0.4, -0.2) is 105 Å². The van der Waals surface area contributed by atoms with Gasteiger partial charge in [0.1, 0.15) is 0 Å². The molecule has 1 aromatic rings. The van der Waals surface area contributed by atoms with Crippen molar-refractivity contribution in [3.05, 3.63) is 22.4 Å². The van der Waals surface area contributed by atoms with Gasteiger partial charge in [-0.2, -0.15) is 0 Å². The molecule has 1 aromatic heterocycles. The number of piperazine rings is 2. The molecule has 2 aliphatic rings. The molecule has 8 heteroatoms. The van der Waals surface area contributed by atoms with Gasteiger partial charge in [0.15, 0.2) is 5.96 Å². The van der Waals surface area contributed by atoms with Crippen LogP contribution in [0.25, 0.3) is 0 Å². The molecule has 3 rings (SSSR count). The quantitative estimate of drug-likeness (QED) is 0.374. The first-order valence-corrected chi connectivity index (χ1v) is 10.7. The van der Waals surface area contributed by atoms with E-state index in [-0.39, 0.29) is 24.0 Å². The summed E-state index contributed by atoms with van der Waals surface area (Å²) in [5, 5.41) is 5.67. The normalized spacial score (nSPS) is 23.3. The van der Waals surface area contributed by atoms with Crippen LogP contribution in [-0.2, 0) is 6.54 Å². The fraction of sp³-hybridized carbons (Fsp3) is 0.737. The zero-order valence-corrected chi connectivity index (χ0v) is 20.1. The smallest absolute Gasteiger partial charge is 0.194 e. The average Bonchev–Trinajstić information content (AvgIpc) is 3.15. The molecule has 0 aliphatic carbocycles. The van der Waals surface area contributed by atoms with E-state index >= 15 is 0 Å². The van der Waals surface area contributed by atoms with Gasteiger partial charge >= 0.3 is 0 Å². The molecule has 1 N–H and O–H groups in total. The predicted molar refractivity (Wildman–Crippen MR) is 126 cm³/mol. The summed E-state index contributed by atoms with van der Waals surface area (Å²) in [6.07, 6.45) is 0. The summed E-state index contributed by atoms with van der Waals surface area (Å²) in [5.41, 5.74) is 0. The molecule has 0 radical (unpaired) electrons. The van der Waals surface area contributed by atoms with Gasteiger partial charge in [0.25, 0.3) is 0 Å². The molecule has 154 valence electrons. The minimum Gasteiger partial charge on any atom is -0.357 e. The second-order valence-electron chi connectivity index (χ2n) is 7.43. The summed E-state index contributed by atoms with van der Waals surface area (Å²) >= 11 is 1.86. The van der Waals surface area contributed by atoms with Crippen molar-refractivity contribution < 1.29 is 0 Å². The molecule has 2 fully saturated rings. The van der Waals surface area contributed by atoms with Crippen LogP contribution in [0.3, 0.4) is 0 Å². The Morgan fingerprint density at radius 1 is 1.19 bits per heavy atom. The van der Waals surface area contributed by atoms with E-state index in [2.05, 4.69) is 63.4 Å². The van der Waals surface area contributed by atoms with Crippen molar-refractivity contribution in [1.29, 1.82) is 0 Å². The molecule has 2 aliphatic heterocycles. The molecule has 2 saturated heterocycles. The van der Waals surface area contributed by atoms with Gasteiger partial charge in [-0.1, -0.05) is 6.07 Å². The van der Waals surface area contributed by atoms with Gasteiger partial charge in [-0.15, -0.1) is 35.3 Å². The third kappa shape index (κ3) is 6.85. The van der Waals surface area contributed by atoms with Gasteiger partial charge in [-0.25, -0.2) is 0 Å². The van der Waals surface area contributed by atoms with Gasteiger partial charge in [-0.3, -0.25) is 14.8 Å². The Bertz CT molecular complexity index is 559. The summed E-state index contributed by atoms with van der Waals surface area (Å²) in [6, 6.07) is 4.90. The summed E-state index contributed by atoms with van der Waals surface area (Å²) in [7, 11) is 4.44. The highest BCUT2D eigenvalue weighted by Crippen LogP contribution is 2.14. The van der Waals surface area contributed by atoms with Crippen LogP contribution in [0.15, 0.2) is 22.5 Å². The van der Waals surface area contributed by atoms with Crippen LogP contribution in [0.1, 0.15) is 11.8 Å². The van der Waals surface area contributed by atoms with Gasteiger partial charge in [0.05, 0.1) is 6.54 Å². The van der Waals surface area contributed by atoms with E-state index in [0.29, 0.717) is 6.04 Å². The minimum atomic E-state index is 0. The third-order valence-corrected chi connectivity index (χ3v) is 6.26. The standard InChI is InChI=1S/C19H34N6S.HI/c1-4-20-19(21-14-17-15-22(2)7-8-23(17)3)25-11-9-24(10-12-25)16-18-6-5-13-26-18;/h5-6,13,17H,4,7-12,14-16H2,1-3H3,(H,20,21);1H. The number of nitrogens with one attached hydrogen (secondary N) is 1. The number of aliphatic imine (C=N–C) groups is 1. The molecule has 0 saturated carbocycles. The maximum Gasteiger partial charge on any atom is 0.194 e. The number of rotatable bonds is 5. The van der Waals surface area contributed by atoms with E-state index in [9.17, 15) is 0 Å². The number of hydrogen-bond acceptors (Lipinski definition) is 5. The second-order valence-corrected chi connectivity index (χ2v) is 8.47. The fourth-order valence-electron chi connectivity index (χ4n) is 3.66. The first-order chi connectivity index (χ1) is 12.7. The SMILES string of the molecule is CCNC(=NCC1CN(C)CCN1C)N1CCN(Cc2cccs2)CC1.I. The maximum atomic E-state index is 4.99. The average molecular weight is 507 g/mol. The molecular weight excluding hydrogens is 471 g/mol. The zero-order chi connectivity index (χ0) is 18.4. The van der Waals surface area contributed by atoms with E-state index in [0.717, 1.165) is 71.4 Å². The van der Waals surface area contributed by atoms with Crippen molar-refractivity contribution in [2.24, 2.45) is 4.99 Å². The van der Waals surface area contributed by atoms with Crippen molar-refractivity contribution in [2.75, 3.05) is 73.0 Å². The fourth-order valence-corrected chi connectivity index (χ4v) is 4.40. The number of hydrogen-bond donors (Lipinski definition) is 1. The van der Waals surface area contributed by atoms with Crippen LogP contribution in [0.4, 0.5) is 0 Å². The highest BCUT2D eigenvalue weighted by atomic mass is 127. The summed E-state index contributed by atoms with van der Waals surface area (Å²) in [4.78, 5) is 16.3. The van der Waals surface area contributed by atoms with Crippen molar-refractivity contribution in [3.63, 3.8) is 0 Å². The Hall–Kier alpha value is -0.420. The summed E-state index contributed by atoms with van der Waals surface area (Å²) in [5.74, 6) is 1.09. The van der Waals surface area contributed by atoms with Crippen molar-refractivity contribution >= 4 is 41.3 Å². The van der Waals surface area contributed by atoms with E-state index in [4.69, 9.17) is 4.99 Å². The Morgan fingerprint density at radius 2 is 1.96 bits per heavy atom. The topological polar surface area (TPSA) is 37.4 Å². The first-order valence-electron chi connectivity index (χ1n) is 9.82. The predicted octanol–water partition coefficient (Wildman–Crippen LogP) is 1.70. The number of nitrogens with zero attached hydrogens (tertiary/aromatic N) is 5.